The maximum Gasteiger partial charge on any atom is 0.304 e. The highest BCUT2D eigenvalue weighted by atomic mass is 32.2. The summed E-state index contributed by atoms with van der Waals surface area (Å²) in [5, 5.41) is 8.93. The second-order valence-electron chi connectivity index (χ2n) is 5.64. The zero-order valence-corrected chi connectivity index (χ0v) is 15.0. The van der Waals surface area contributed by atoms with Crippen molar-refractivity contribution in [2.45, 2.75) is 24.8 Å². The van der Waals surface area contributed by atoms with E-state index in [9.17, 15) is 13.2 Å². The number of carboxylic acid groups (broad SMARTS) is 1. The molecular weight excluding hydrogens is 342 g/mol. The van der Waals surface area contributed by atoms with Gasteiger partial charge in [-0.25, -0.2) is 8.42 Å². The molecule has 6 nitrogen and oxygen atoms in total. The van der Waals surface area contributed by atoms with Gasteiger partial charge in [-0.1, -0.05) is 29.8 Å². The van der Waals surface area contributed by atoms with Gasteiger partial charge in [0.2, 0.25) is 10.0 Å². The van der Waals surface area contributed by atoms with Gasteiger partial charge in [0.05, 0.1) is 18.4 Å². The fraction of sp³-hybridized carbons (Fsp3) is 0.278. The highest BCUT2D eigenvalue weighted by Gasteiger charge is 2.25. The number of carbonyl (C=O) groups is 1. The molecule has 0 aliphatic rings. The van der Waals surface area contributed by atoms with E-state index in [2.05, 4.69) is 0 Å². The van der Waals surface area contributed by atoms with Crippen molar-refractivity contribution >= 4 is 16.0 Å². The van der Waals surface area contributed by atoms with E-state index in [4.69, 9.17) is 9.84 Å². The number of hydrogen-bond acceptors (Lipinski definition) is 4. The quantitative estimate of drug-likeness (QED) is 0.779. The predicted octanol–water partition coefficient (Wildman–Crippen LogP) is 2.67. The van der Waals surface area contributed by atoms with Gasteiger partial charge < -0.3 is 9.84 Å². The molecule has 0 saturated carbocycles. The highest BCUT2D eigenvalue weighted by Crippen LogP contribution is 2.20. The maximum absolute atomic E-state index is 12.9. The summed E-state index contributed by atoms with van der Waals surface area (Å²) >= 11 is 0. The first kappa shape index (κ1) is 19.0. The fourth-order valence-electron chi connectivity index (χ4n) is 2.30. The predicted molar refractivity (Wildman–Crippen MR) is 94.0 cm³/mol. The zero-order chi connectivity index (χ0) is 18.4. The molecule has 0 atom stereocenters. The number of rotatable bonds is 8. The number of carboxylic acids is 1. The SMILES string of the molecule is COc1ccc(CN(CCC(=O)O)S(=O)(=O)c2ccc(C)cc2)cc1. The van der Waals surface area contributed by atoms with Crippen molar-refractivity contribution in [3.8, 4) is 5.75 Å². The van der Waals surface area contributed by atoms with Crippen LogP contribution in [0.4, 0.5) is 0 Å². The Morgan fingerprint density at radius 1 is 1.08 bits per heavy atom. The fourth-order valence-corrected chi connectivity index (χ4v) is 3.73. The van der Waals surface area contributed by atoms with Crippen LogP contribution < -0.4 is 4.74 Å². The van der Waals surface area contributed by atoms with Crippen LogP contribution in [0.15, 0.2) is 53.4 Å². The molecule has 2 aromatic rings. The topological polar surface area (TPSA) is 83.9 Å². The van der Waals surface area contributed by atoms with Crippen molar-refractivity contribution in [2.75, 3.05) is 13.7 Å². The van der Waals surface area contributed by atoms with Gasteiger partial charge in [0.25, 0.3) is 0 Å². The summed E-state index contributed by atoms with van der Waals surface area (Å²) in [7, 11) is -2.24. The molecule has 2 rings (SSSR count). The molecule has 7 heteroatoms. The molecule has 0 radical (unpaired) electrons. The Bertz CT molecular complexity index is 814. The molecule has 0 aromatic heterocycles. The monoisotopic (exact) mass is 363 g/mol. The van der Waals surface area contributed by atoms with Crippen LogP contribution in [-0.4, -0.2) is 37.5 Å². The second-order valence-corrected chi connectivity index (χ2v) is 7.58. The van der Waals surface area contributed by atoms with E-state index in [0.29, 0.717) is 5.75 Å². The molecule has 0 aliphatic carbocycles. The van der Waals surface area contributed by atoms with Gasteiger partial charge >= 0.3 is 5.97 Å². The summed E-state index contributed by atoms with van der Waals surface area (Å²) < 4.78 is 32.1. The normalized spacial score (nSPS) is 11.5. The Morgan fingerprint density at radius 2 is 1.68 bits per heavy atom. The van der Waals surface area contributed by atoms with Gasteiger partial charge in [-0.15, -0.1) is 0 Å². The van der Waals surface area contributed by atoms with E-state index in [0.717, 1.165) is 11.1 Å². The first-order chi connectivity index (χ1) is 11.8. The standard InChI is InChI=1S/C18H21NO5S/c1-14-3-9-17(10-4-14)25(22,23)19(12-11-18(20)21)13-15-5-7-16(24-2)8-6-15/h3-10H,11-13H2,1-2H3,(H,20,21). The van der Waals surface area contributed by atoms with E-state index in [1.165, 1.54) is 16.4 Å². The average molecular weight is 363 g/mol. The van der Waals surface area contributed by atoms with Crippen molar-refractivity contribution < 1.29 is 23.1 Å². The Kier molecular flexibility index (Phi) is 6.17. The first-order valence-corrected chi connectivity index (χ1v) is 9.18. The number of benzene rings is 2. The third kappa shape index (κ3) is 5.04. The van der Waals surface area contributed by atoms with Crippen LogP contribution in [0.1, 0.15) is 17.5 Å². The van der Waals surface area contributed by atoms with E-state index >= 15 is 0 Å². The van der Waals surface area contributed by atoms with Crippen LogP contribution in [0.3, 0.4) is 0 Å². The van der Waals surface area contributed by atoms with Gasteiger partial charge in [-0.3, -0.25) is 4.79 Å². The number of aliphatic carboxylic acids is 1. The minimum atomic E-state index is -3.79. The third-order valence-electron chi connectivity index (χ3n) is 3.75. The molecule has 0 heterocycles. The Hall–Kier alpha value is -2.38. The van der Waals surface area contributed by atoms with Crippen LogP contribution in [0, 0.1) is 6.92 Å². The summed E-state index contributed by atoms with van der Waals surface area (Å²) in [6.07, 6.45) is -0.263. The minimum absolute atomic E-state index is 0.0908. The molecule has 0 spiro atoms. The first-order valence-electron chi connectivity index (χ1n) is 7.74. The van der Waals surface area contributed by atoms with E-state index in [-0.39, 0.29) is 24.4 Å². The molecule has 0 unspecified atom stereocenters. The van der Waals surface area contributed by atoms with Gasteiger partial charge in [0.15, 0.2) is 0 Å². The summed E-state index contributed by atoms with van der Waals surface area (Å²) in [6.45, 7) is 1.86. The Balaban J connectivity index is 2.29. The molecule has 0 aliphatic heterocycles. The van der Waals surface area contributed by atoms with E-state index < -0.39 is 16.0 Å². The number of sulfonamides is 1. The average Bonchev–Trinajstić information content (AvgIpc) is 2.59. The van der Waals surface area contributed by atoms with Gasteiger partial charge in [-0.2, -0.15) is 4.31 Å². The van der Waals surface area contributed by atoms with Crippen molar-refractivity contribution in [3.05, 3.63) is 59.7 Å². The minimum Gasteiger partial charge on any atom is -0.497 e. The molecule has 0 fully saturated rings. The molecule has 0 bridgehead atoms. The third-order valence-corrected chi connectivity index (χ3v) is 5.61. The lowest BCUT2D eigenvalue weighted by molar-refractivity contribution is -0.137. The molecule has 0 amide bonds. The summed E-state index contributed by atoms with van der Waals surface area (Å²) in [5.41, 5.74) is 1.70. The number of hydrogen-bond donors (Lipinski definition) is 1. The van der Waals surface area contributed by atoms with Gasteiger partial charge in [-0.05, 0) is 36.8 Å². The van der Waals surface area contributed by atoms with Crippen molar-refractivity contribution in [1.82, 2.24) is 4.31 Å². The lowest BCUT2D eigenvalue weighted by Gasteiger charge is -2.22. The Labute approximate surface area is 147 Å². The van der Waals surface area contributed by atoms with Gasteiger partial charge in [0.1, 0.15) is 5.75 Å². The summed E-state index contributed by atoms with van der Waals surface area (Å²) in [5.74, 6) is -0.374. The molecule has 0 saturated heterocycles. The summed E-state index contributed by atoms with van der Waals surface area (Å²) in [4.78, 5) is 11.1. The molecule has 25 heavy (non-hydrogen) atoms. The van der Waals surface area contributed by atoms with E-state index in [1.54, 1.807) is 43.5 Å². The second kappa shape index (κ2) is 8.13. The molecule has 1 N–H and O–H groups in total. The van der Waals surface area contributed by atoms with Crippen LogP contribution >= 0.6 is 0 Å². The largest absolute Gasteiger partial charge is 0.497 e. The zero-order valence-electron chi connectivity index (χ0n) is 14.2. The lowest BCUT2D eigenvalue weighted by atomic mass is 10.2. The van der Waals surface area contributed by atoms with Crippen LogP contribution in [0.2, 0.25) is 0 Å². The highest BCUT2D eigenvalue weighted by molar-refractivity contribution is 7.89. The number of ether oxygens (including phenoxy) is 1. The number of methoxy groups -OCH3 is 1. The maximum atomic E-state index is 12.9. The van der Waals surface area contributed by atoms with Crippen molar-refractivity contribution in [3.63, 3.8) is 0 Å². The van der Waals surface area contributed by atoms with Crippen LogP contribution in [0.25, 0.3) is 0 Å². The smallest absolute Gasteiger partial charge is 0.304 e. The number of nitrogens with zero attached hydrogens (tertiary/aromatic N) is 1. The van der Waals surface area contributed by atoms with Crippen LogP contribution in [0.5, 0.6) is 5.75 Å². The van der Waals surface area contributed by atoms with Crippen LogP contribution in [-0.2, 0) is 21.4 Å². The van der Waals surface area contributed by atoms with Crippen molar-refractivity contribution in [1.29, 1.82) is 0 Å². The van der Waals surface area contributed by atoms with Crippen molar-refractivity contribution in [2.24, 2.45) is 0 Å². The molecular formula is C18H21NO5S. The van der Waals surface area contributed by atoms with E-state index in [1.807, 2.05) is 6.92 Å². The Morgan fingerprint density at radius 3 is 2.20 bits per heavy atom. The molecule has 2 aromatic carbocycles. The lowest BCUT2D eigenvalue weighted by Crippen LogP contribution is -2.32. The van der Waals surface area contributed by atoms with Gasteiger partial charge in [0, 0.05) is 13.1 Å². The number of aryl methyl sites for hydroxylation is 1. The summed E-state index contributed by atoms with van der Waals surface area (Å²) in [6, 6.07) is 13.5. The molecule has 134 valence electrons.